The minimum absolute atomic E-state index is 0.0393. The van der Waals surface area contributed by atoms with Crippen LogP contribution in [0.4, 0.5) is 0 Å². The lowest BCUT2D eigenvalue weighted by molar-refractivity contribution is -0.142. The molecule has 0 spiro atoms. The van der Waals surface area contributed by atoms with E-state index in [1.54, 1.807) is 4.90 Å². The summed E-state index contributed by atoms with van der Waals surface area (Å²) in [4.78, 5) is 38.7. The average Bonchev–Trinajstić information content (AvgIpc) is 3.37. The fourth-order valence-electron chi connectivity index (χ4n) is 5.52. The summed E-state index contributed by atoms with van der Waals surface area (Å²) in [5.74, 6) is -1.84. The first kappa shape index (κ1) is 26.2. The van der Waals surface area contributed by atoms with Gasteiger partial charge in [0, 0.05) is 25.2 Å². The van der Waals surface area contributed by atoms with E-state index in [1.165, 1.54) is 11.1 Å². The van der Waals surface area contributed by atoms with Gasteiger partial charge >= 0.3 is 5.97 Å². The lowest BCUT2D eigenvalue weighted by Gasteiger charge is -2.25. The van der Waals surface area contributed by atoms with Gasteiger partial charge in [0.2, 0.25) is 11.8 Å². The van der Waals surface area contributed by atoms with Crippen molar-refractivity contribution in [3.63, 3.8) is 0 Å². The second-order valence-electron chi connectivity index (χ2n) is 10.1. The van der Waals surface area contributed by atoms with Gasteiger partial charge in [-0.15, -0.1) is 0 Å². The number of carboxylic acid groups (broad SMARTS) is 1. The number of benzene rings is 2. The van der Waals surface area contributed by atoms with Crippen molar-refractivity contribution in [3.05, 3.63) is 70.8 Å². The lowest BCUT2D eigenvalue weighted by atomic mass is 10.0. The molecule has 2 aromatic carbocycles. The number of nitrogens with two attached hydrogens (primary N) is 1. The number of carbonyl (C=O) groups excluding carboxylic acids is 2. The summed E-state index contributed by atoms with van der Waals surface area (Å²) in [5.41, 5.74) is 9.92. The van der Waals surface area contributed by atoms with Crippen molar-refractivity contribution in [2.24, 2.45) is 11.7 Å². The Balaban J connectivity index is 1.31. The van der Waals surface area contributed by atoms with E-state index < -0.39 is 11.9 Å². The van der Waals surface area contributed by atoms with Crippen molar-refractivity contribution >= 4 is 23.7 Å². The Morgan fingerprint density at radius 1 is 1.08 bits per heavy atom. The Hall–Kier alpha value is -3.88. The second-order valence-corrected chi connectivity index (χ2v) is 10.1. The summed E-state index contributed by atoms with van der Waals surface area (Å²) >= 11 is 0. The highest BCUT2D eigenvalue weighted by Crippen LogP contribution is 2.28. The third-order valence-corrected chi connectivity index (χ3v) is 7.22. The smallest absolute Gasteiger partial charge is 0.304 e. The van der Waals surface area contributed by atoms with E-state index in [2.05, 4.69) is 22.8 Å². The van der Waals surface area contributed by atoms with Crippen LogP contribution >= 0.6 is 0 Å². The number of guanidine groups is 1. The minimum Gasteiger partial charge on any atom is -0.481 e. The number of rotatable bonds is 11. The Morgan fingerprint density at radius 2 is 1.84 bits per heavy atom. The van der Waals surface area contributed by atoms with Crippen molar-refractivity contribution in [2.75, 3.05) is 13.1 Å². The number of fused-ring (bicyclic) bond motifs is 1. The molecule has 0 saturated carbocycles. The second kappa shape index (κ2) is 11.9. The number of carbonyl (C=O) groups is 3. The zero-order valence-corrected chi connectivity index (χ0v) is 20.9. The van der Waals surface area contributed by atoms with E-state index in [0.717, 1.165) is 36.8 Å². The Labute approximate surface area is 216 Å². The monoisotopic (exact) mass is 505 g/mol. The van der Waals surface area contributed by atoms with Gasteiger partial charge in [0.05, 0.1) is 18.8 Å². The van der Waals surface area contributed by atoms with Gasteiger partial charge in [-0.25, -0.2) is 0 Å². The molecule has 2 aliphatic rings. The van der Waals surface area contributed by atoms with E-state index in [-0.39, 0.29) is 42.7 Å². The summed E-state index contributed by atoms with van der Waals surface area (Å²) in [5, 5.41) is 22.6. The molecule has 2 amide bonds. The molecule has 0 aromatic heterocycles. The highest BCUT2D eigenvalue weighted by atomic mass is 16.4. The number of likely N-dealkylation sites (tertiary alicyclic amines) is 1. The zero-order valence-electron chi connectivity index (χ0n) is 20.9. The molecule has 9 nitrogen and oxygen atoms in total. The Kier molecular flexibility index (Phi) is 8.43. The lowest BCUT2D eigenvalue weighted by Crippen LogP contribution is -2.42. The van der Waals surface area contributed by atoms with E-state index in [1.807, 2.05) is 36.4 Å². The molecule has 4 rings (SSSR count). The normalized spacial score (nSPS) is 20.5. The molecule has 6 N–H and O–H groups in total. The van der Waals surface area contributed by atoms with Crippen LogP contribution < -0.4 is 16.4 Å². The maximum atomic E-state index is 13.0. The molecular weight excluding hydrogens is 470 g/mol. The topological polar surface area (TPSA) is 149 Å². The molecule has 196 valence electrons. The van der Waals surface area contributed by atoms with Crippen LogP contribution in [0.2, 0.25) is 0 Å². The summed E-state index contributed by atoms with van der Waals surface area (Å²) < 4.78 is 0. The number of amides is 2. The Morgan fingerprint density at radius 3 is 2.57 bits per heavy atom. The maximum Gasteiger partial charge on any atom is 0.304 e. The van der Waals surface area contributed by atoms with Gasteiger partial charge in [-0.05, 0) is 54.4 Å². The molecule has 9 heteroatoms. The SMILES string of the molecule is N=C(N)NC1Cc2ccc(CC(=O)NC[C@@H]3C[C@@H](CC(=O)O)C(=O)N3CCCc3ccccc3)cc2C1. The van der Waals surface area contributed by atoms with Crippen molar-refractivity contribution < 1.29 is 19.5 Å². The highest BCUT2D eigenvalue weighted by Gasteiger charge is 2.40. The van der Waals surface area contributed by atoms with Crippen LogP contribution in [0.1, 0.15) is 41.5 Å². The predicted octanol–water partition coefficient (Wildman–Crippen LogP) is 1.62. The van der Waals surface area contributed by atoms with Crippen LogP contribution in [0, 0.1) is 11.3 Å². The van der Waals surface area contributed by atoms with Crippen LogP contribution in [0.25, 0.3) is 0 Å². The molecule has 0 bridgehead atoms. The van der Waals surface area contributed by atoms with Crippen molar-refractivity contribution in [3.8, 4) is 0 Å². The zero-order chi connectivity index (χ0) is 26.4. The van der Waals surface area contributed by atoms with Gasteiger partial charge < -0.3 is 26.4 Å². The molecule has 1 aliphatic heterocycles. The molecule has 1 saturated heterocycles. The van der Waals surface area contributed by atoms with Gasteiger partial charge in [-0.1, -0.05) is 48.5 Å². The first-order valence-electron chi connectivity index (χ1n) is 12.8. The summed E-state index contributed by atoms with van der Waals surface area (Å²) in [7, 11) is 0. The number of hydrogen-bond acceptors (Lipinski definition) is 4. The molecule has 1 unspecified atom stereocenters. The number of nitrogens with one attached hydrogen (secondary N) is 3. The first-order valence-corrected chi connectivity index (χ1v) is 12.8. The highest BCUT2D eigenvalue weighted by molar-refractivity contribution is 5.85. The van der Waals surface area contributed by atoms with E-state index in [4.69, 9.17) is 11.1 Å². The number of carboxylic acids is 1. The molecule has 1 heterocycles. The molecule has 3 atom stereocenters. The van der Waals surface area contributed by atoms with Crippen LogP contribution in [0.15, 0.2) is 48.5 Å². The number of aliphatic carboxylic acids is 1. The third-order valence-electron chi connectivity index (χ3n) is 7.22. The molecule has 0 radical (unpaired) electrons. The fraction of sp³-hybridized carbons (Fsp3) is 0.429. The molecular formula is C28H35N5O4. The largest absolute Gasteiger partial charge is 0.481 e. The summed E-state index contributed by atoms with van der Waals surface area (Å²) in [6.07, 6.45) is 3.63. The molecule has 2 aromatic rings. The Bertz CT molecular complexity index is 1150. The number of nitrogens with zero attached hydrogens (tertiary/aromatic N) is 1. The number of hydrogen-bond donors (Lipinski definition) is 5. The van der Waals surface area contributed by atoms with E-state index in [9.17, 15) is 19.5 Å². The third kappa shape index (κ3) is 7.09. The summed E-state index contributed by atoms with van der Waals surface area (Å²) in [6.45, 7) is 0.840. The standard InChI is InChI=1S/C28H35N5O4/c29-28(30)32-23-13-20-9-8-19(11-21(20)14-23)12-25(34)31-17-24-15-22(16-26(35)36)27(37)33(24)10-4-7-18-5-2-1-3-6-18/h1-3,5-6,8-9,11,22-24H,4,7,10,12-17H2,(H,31,34)(H,35,36)(H4,29,30,32)/t22-,23?,24-/m0/s1. The van der Waals surface area contributed by atoms with E-state index in [0.29, 0.717) is 19.5 Å². The average molecular weight is 506 g/mol. The van der Waals surface area contributed by atoms with Crippen molar-refractivity contribution in [1.82, 2.24) is 15.5 Å². The molecule has 37 heavy (non-hydrogen) atoms. The fourth-order valence-corrected chi connectivity index (χ4v) is 5.52. The summed E-state index contributed by atoms with van der Waals surface area (Å²) in [6, 6.07) is 15.9. The van der Waals surface area contributed by atoms with Gasteiger partial charge in [0.1, 0.15) is 0 Å². The quantitative estimate of drug-likeness (QED) is 0.231. The van der Waals surface area contributed by atoms with Crippen LogP contribution in [-0.2, 0) is 40.1 Å². The van der Waals surface area contributed by atoms with E-state index >= 15 is 0 Å². The number of aryl methyl sites for hydroxylation is 1. The van der Waals surface area contributed by atoms with Crippen LogP contribution in [0.5, 0.6) is 0 Å². The van der Waals surface area contributed by atoms with Crippen LogP contribution in [-0.4, -0.2) is 58.9 Å². The van der Waals surface area contributed by atoms with Crippen LogP contribution in [0.3, 0.4) is 0 Å². The van der Waals surface area contributed by atoms with Crippen molar-refractivity contribution in [1.29, 1.82) is 5.41 Å². The van der Waals surface area contributed by atoms with Gasteiger partial charge in [0.15, 0.2) is 5.96 Å². The maximum absolute atomic E-state index is 13.0. The van der Waals surface area contributed by atoms with Gasteiger partial charge in [-0.3, -0.25) is 19.8 Å². The predicted molar refractivity (Wildman–Crippen MR) is 140 cm³/mol. The minimum atomic E-state index is -0.982. The van der Waals surface area contributed by atoms with Gasteiger partial charge in [-0.2, -0.15) is 0 Å². The van der Waals surface area contributed by atoms with Gasteiger partial charge in [0.25, 0.3) is 0 Å². The molecule has 1 fully saturated rings. The first-order chi connectivity index (χ1) is 17.8. The van der Waals surface area contributed by atoms with Crippen molar-refractivity contribution in [2.45, 2.75) is 57.0 Å². The molecule has 1 aliphatic carbocycles.